The van der Waals surface area contributed by atoms with Gasteiger partial charge in [-0.1, -0.05) is 20.8 Å². The van der Waals surface area contributed by atoms with Gasteiger partial charge in [0.25, 0.3) is 0 Å². The van der Waals surface area contributed by atoms with Crippen molar-refractivity contribution in [1.82, 2.24) is 10.6 Å². The van der Waals surface area contributed by atoms with Gasteiger partial charge in [0.1, 0.15) is 0 Å². The summed E-state index contributed by atoms with van der Waals surface area (Å²) in [6.07, 6.45) is 2.09. The smallest absolute Gasteiger partial charge is 0.314 e. The van der Waals surface area contributed by atoms with Gasteiger partial charge in [-0.2, -0.15) is 0 Å². The number of hydrogen-bond donors (Lipinski definition) is 2. The van der Waals surface area contributed by atoms with E-state index in [1.54, 1.807) is 0 Å². The summed E-state index contributed by atoms with van der Waals surface area (Å²) in [6.45, 7) is 10.5. The molecule has 0 bridgehead atoms. The molecule has 17 heavy (non-hydrogen) atoms. The molecule has 0 heterocycles. The van der Waals surface area contributed by atoms with Gasteiger partial charge in [0, 0.05) is 13.1 Å². The van der Waals surface area contributed by atoms with Crippen LogP contribution in [-0.2, 0) is 9.78 Å². The van der Waals surface area contributed by atoms with Gasteiger partial charge < -0.3 is 10.6 Å². The first-order valence-electron chi connectivity index (χ1n) is 6.22. The topological polar surface area (TPSA) is 59.6 Å². The molecule has 0 unspecified atom stereocenters. The standard InChI is InChI=1S/C12H26N2O3/c1-5-16-17-10-9-14-11(15)13-8-6-7-12(2,3)4/h5-10H2,1-4H3,(H2,13,14,15). The van der Waals surface area contributed by atoms with Gasteiger partial charge in [0.15, 0.2) is 0 Å². The highest BCUT2D eigenvalue weighted by Gasteiger charge is 2.09. The first-order chi connectivity index (χ1) is 7.95. The Bertz CT molecular complexity index is 202. The van der Waals surface area contributed by atoms with Crippen molar-refractivity contribution >= 4 is 6.03 Å². The molecule has 0 aromatic rings. The van der Waals surface area contributed by atoms with Gasteiger partial charge in [-0.15, -0.1) is 0 Å². The molecule has 0 aliphatic heterocycles. The number of nitrogens with one attached hydrogen (secondary N) is 2. The van der Waals surface area contributed by atoms with Crippen LogP contribution in [0.2, 0.25) is 0 Å². The minimum absolute atomic E-state index is 0.154. The van der Waals surface area contributed by atoms with E-state index in [9.17, 15) is 4.79 Å². The minimum atomic E-state index is -0.154. The highest BCUT2D eigenvalue weighted by molar-refractivity contribution is 5.73. The van der Waals surface area contributed by atoms with E-state index >= 15 is 0 Å². The highest BCUT2D eigenvalue weighted by Crippen LogP contribution is 2.19. The zero-order chi connectivity index (χ0) is 13.1. The van der Waals surface area contributed by atoms with Crippen molar-refractivity contribution in [2.24, 2.45) is 5.41 Å². The van der Waals surface area contributed by atoms with Gasteiger partial charge in [-0.05, 0) is 25.2 Å². The Hall–Kier alpha value is -0.810. The zero-order valence-electron chi connectivity index (χ0n) is 11.5. The third kappa shape index (κ3) is 13.1. The van der Waals surface area contributed by atoms with Crippen molar-refractivity contribution in [3.05, 3.63) is 0 Å². The number of rotatable bonds is 8. The monoisotopic (exact) mass is 246 g/mol. The summed E-state index contributed by atoms with van der Waals surface area (Å²) < 4.78 is 0. The number of carbonyl (C=O) groups excluding carboxylic acids is 1. The largest absolute Gasteiger partial charge is 0.338 e. The molecule has 0 aromatic heterocycles. The Morgan fingerprint density at radius 1 is 1.12 bits per heavy atom. The molecule has 5 heteroatoms. The zero-order valence-corrected chi connectivity index (χ0v) is 11.5. The van der Waals surface area contributed by atoms with Crippen LogP contribution in [-0.4, -0.2) is 32.3 Å². The minimum Gasteiger partial charge on any atom is -0.338 e. The van der Waals surface area contributed by atoms with Gasteiger partial charge >= 0.3 is 6.03 Å². The molecule has 0 saturated heterocycles. The molecule has 0 rings (SSSR count). The van der Waals surface area contributed by atoms with E-state index in [4.69, 9.17) is 4.89 Å². The molecule has 0 fully saturated rings. The van der Waals surface area contributed by atoms with Crippen LogP contribution in [0.4, 0.5) is 4.79 Å². The summed E-state index contributed by atoms with van der Waals surface area (Å²) in [7, 11) is 0. The van der Waals surface area contributed by atoms with Gasteiger partial charge in [0.2, 0.25) is 0 Å². The molecule has 0 saturated carbocycles. The lowest BCUT2D eigenvalue weighted by Gasteiger charge is -2.17. The van der Waals surface area contributed by atoms with E-state index in [1.807, 2.05) is 6.92 Å². The Morgan fingerprint density at radius 3 is 2.35 bits per heavy atom. The summed E-state index contributed by atoms with van der Waals surface area (Å²) in [5.41, 5.74) is 0.323. The molecule has 5 nitrogen and oxygen atoms in total. The fourth-order valence-electron chi connectivity index (χ4n) is 1.23. The summed E-state index contributed by atoms with van der Waals surface area (Å²) in [5, 5.41) is 5.48. The Labute approximate surface area is 104 Å². The van der Waals surface area contributed by atoms with E-state index in [0.29, 0.717) is 31.7 Å². The number of amides is 2. The average molecular weight is 246 g/mol. The summed E-state index contributed by atoms with van der Waals surface area (Å²) in [6, 6.07) is -0.154. The lowest BCUT2D eigenvalue weighted by atomic mass is 9.91. The third-order valence-corrected chi connectivity index (χ3v) is 2.06. The van der Waals surface area contributed by atoms with Crippen molar-refractivity contribution in [3.63, 3.8) is 0 Å². The molecular formula is C12H26N2O3. The van der Waals surface area contributed by atoms with E-state index < -0.39 is 0 Å². The quantitative estimate of drug-likeness (QED) is 0.391. The van der Waals surface area contributed by atoms with Crippen LogP contribution in [0.25, 0.3) is 0 Å². The fraction of sp³-hybridized carbons (Fsp3) is 0.917. The van der Waals surface area contributed by atoms with Crippen molar-refractivity contribution < 1.29 is 14.6 Å². The fourth-order valence-corrected chi connectivity index (χ4v) is 1.23. The molecule has 0 atom stereocenters. The first-order valence-corrected chi connectivity index (χ1v) is 6.22. The molecule has 2 amide bonds. The van der Waals surface area contributed by atoms with Crippen molar-refractivity contribution in [2.75, 3.05) is 26.3 Å². The van der Waals surface area contributed by atoms with Crippen LogP contribution in [0.1, 0.15) is 40.5 Å². The van der Waals surface area contributed by atoms with E-state index in [0.717, 1.165) is 12.8 Å². The SMILES string of the molecule is CCOOCCNC(=O)NCCCC(C)(C)C. The molecular weight excluding hydrogens is 220 g/mol. The predicted molar refractivity (Wildman–Crippen MR) is 67.7 cm³/mol. The molecule has 0 aliphatic carbocycles. The van der Waals surface area contributed by atoms with Crippen LogP contribution >= 0.6 is 0 Å². The normalized spacial score (nSPS) is 11.3. The second kappa shape index (κ2) is 9.24. The lowest BCUT2D eigenvalue weighted by molar-refractivity contribution is -0.289. The van der Waals surface area contributed by atoms with Gasteiger partial charge in [-0.25, -0.2) is 14.6 Å². The van der Waals surface area contributed by atoms with Gasteiger partial charge in [-0.3, -0.25) is 0 Å². The van der Waals surface area contributed by atoms with Gasteiger partial charge in [0.05, 0.1) is 13.2 Å². The summed E-state index contributed by atoms with van der Waals surface area (Å²) >= 11 is 0. The van der Waals surface area contributed by atoms with E-state index in [2.05, 4.69) is 36.3 Å². The number of carbonyl (C=O) groups is 1. The summed E-state index contributed by atoms with van der Waals surface area (Å²) in [5.74, 6) is 0. The van der Waals surface area contributed by atoms with Crippen LogP contribution < -0.4 is 10.6 Å². The second-order valence-electron chi connectivity index (χ2n) is 5.08. The molecule has 0 aliphatic rings. The Morgan fingerprint density at radius 2 is 1.76 bits per heavy atom. The predicted octanol–water partition coefficient (Wildman–Crippen LogP) is 2.08. The average Bonchev–Trinajstić information content (AvgIpc) is 2.23. The summed E-state index contributed by atoms with van der Waals surface area (Å²) in [4.78, 5) is 20.7. The molecule has 2 N–H and O–H groups in total. The van der Waals surface area contributed by atoms with E-state index in [-0.39, 0.29) is 6.03 Å². The Kier molecular flexibility index (Phi) is 8.80. The van der Waals surface area contributed by atoms with Crippen LogP contribution in [0, 0.1) is 5.41 Å². The van der Waals surface area contributed by atoms with Crippen LogP contribution in [0.3, 0.4) is 0 Å². The maximum absolute atomic E-state index is 11.3. The van der Waals surface area contributed by atoms with Crippen molar-refractivity contribution in [3.8, 4) is 0 Å². The molecule has 0 aromatic carbocycles. The first kappa shape index (κ1) is 16.2. The second-order valence-corrected chi connectivity index (χ2v) is 5.08. The molecule has 102 valence electrons. The molecule has 0 spiro atoms. The van der Waals surface area contributed by atoms with Crippen molar-refractivity contribution in [2.45, 2.75) is 40.5 Å². The Balaban J connectivity index is 3.29. The van der Waals surface area contributed by atoms with Crippen LogP contribution in [0.5, 0.6) is 0 Å². The van der Waals surface area contributed by atoms with Crippen LogP contribution in [0.15, 0.2) is 0 Å². The lowest BCUT2D eigenvalue weighted by Crippen LogP contribution is -2.38. The van der Waals surface area contributed by atoms with E-state index in [1.165, 1.54) is 0 Å². The maximum atomic E-state index is 11.3. The number of urea groups is 1. The maximum Gasteiger partial charge on any atom is 0.314 e. The number of hydrogen-bond acceptors (Lipinski definition) is 3. The molecule has 0 radical (unpaired) electrons. The highest BCUT2D eigenvalue weighted by atomic mass is 17.2. The third-order valence-electron chi connectivity index (χ3n) is 2.06. The van der Waals surface area contributed by atoms with Crippen molar-refractivity contribution in [1.29, 1.82) is 0 Å².